The third-order valence-corrected chi connectivity index (χ3v) is 7.96. The highest BCUT2D eigenvalue weighted by Crippen LogP contribution is 2.33. The summed E-state index contributed by atoms with van der Waals surface area (Å²) in [4.78, 5) is 36.7. The predicted molar refractivity (Wildman–Crippen MR) is 160 cm³/mol. The Labute approximate surface area is 250 Å². The van der Waals surface area contributed by atoms with Crippen LogP contribution in [0, 0.1) is 11.8 Å². The van der Waals surface area contributed by atoms with Crippen molar-refractivity contribution < 1.29 is 38.1 Å². The van der Waals surface area contributed by atoms with Crippen LogP contribution in [0.5, 0.6) is 0 Å². The average molecular weight is 585 g/mol. The number of carbonyl (C=O) groups is 3. The molecule has 3 rings (SSSR count). The van der Waals surface area contributed by atoms with E-state index in [1.807, 2.05) is 44.2 Å². The summed E-state index contributed by atoms with van der Waals surface area (Å²) in [6.45, 7) is 6.10. The molecule has 8 heteroatoms. The number of ether oxygens (including phenoxy) is 5. The molecule has 0 aromatic rings. The van der Waals surface area contributed by atoms with Crippen molar-refractivity contribution >= 4 is 17.9 Å². The molecule has 8 nitrogen and oxygen atoms in total. The summed E-state index contributed by atoms with van der Waals surface area (Å²) in [5.41, 5.74) is 1.80. The number of hydrogen-bond donors (Lipinski definition) is 0. The largest absolute Gasteiger partial charge is 0.469 e. The van der Waals surface area contributed by atoms with Gasteiger partial charge >= 0.3 is 17.9 Å². The number of allylic oxidation sites excluding steroid dienone is 5. The second-order valence-electron chi connectivity index (χ2n) is 11.8. The van der Waals surface area contributed by atoms with Gasteiger partial charge in [-0.2, -0.15) is 0 Å². The second kappa shape index (κ2) is 17.2. The Balaban J connectivity index is 1.80. The zero-order chi connectivity index (χ0) is 30.5. The van der Waals surface area contributed by atoms with Crippen LogP contribution in [0.4, 0.5) is 0 Å². The Bertz CT molecular complexity index is 1070. The summed E-state index contributed by atoms with van der Waals surface area (Å²) in [5.74, 6) is -0.764. The van der Waals surface area contributed by atoms with E-state index in [9.17, 15) is 14.4 Å². The fourth-order valence-electron chi connectivity index (χ4n) is 5.75. The molecule has 42 heavy (non-hydrogen) atoms. The van der Waals surface area contributed by atoms with Gasteiger partial charge in [0, 0.05) is 18.4 Å². The van der Waals surface area contributed by atoms with Crippen LogP contribution in [0.3, 0.4) is 0 Å². The smallest absolute Gasteiger partial charge is 0.330 e. The van der Waals surface area contributed by atoms with Crippen LogP contribution in [0.2, 0.25) is 0 Å². The van der Waals surface area contributed by atoms with Crippen molar-refractivity contribution in [1.29, 1.82) is 0 Å². The van der Waals surface area contributed by atoms with Gasteiger partial charge in [0.05, 0.1) is 51.5 Å². The van der Waals surface area contributed by atoms with Gasteiger partial charge in [-0.3, -0.25) is 9.59 Å². The second-order valence-corrected chi connectivity index (χ2v) is 11.8. The van der Waals surface area contributed by atoms with E-state index >= 15 is 0 Å². The molecule has 3 aliphatic heterocycles. The standard InChI is InChI=1S/C34H48O8/c1-23(17-32(35)38-4)10-7-6-8-13-31-25(3)15-14-24(2)16-27-11-9-12-28(40-27)21-29-18-26(20-33(36)39-5)19-30(41-29)22-34(37)42-31/h6-8,10,13-15,20,24-25,27-31H,9,11-12,16-19,21-22H2,1-5H3/b7-6-,13-8+,15-14?,23-10+,26-20-/t24-,25-,27+,28-,29+,30-,31-/m1/s1. The first kappa shape index (κ1) is 33.5. The van der Waals surface area contributed by atoms with Gasteiger partial charge in [0.1, 0.15) is 6.10 Å². The minimum absolute atomic E-state index is 0.0552. The molecule has 4 bridgehead atoms. The van der Waals surface area contributed by atoms with Crippen LogP contribution in [0.1, 0.15) is 78.6 Å². The molecule has 0 aromatic carbocycles. The maximum atomic E-state index is 13.2. The van der Waals surface area contributed by atoms with Gasteiger partial charge in [-0.15, -0.1) is 0 Å². The molecule has 0 radical (unpaired) electrons. The van der Waals surface area contributed by atoms with Crippen LogP contribution in [0.25, 0.3) is 0 Å². The summed E-state index contributed by atoms with van der Waals surface area (Å²) in [7, 11) is 2.74. The molecule has 0 saturated carbocycles. The average Bonchev–Trinajstić information content (AvgIpc) is 2.94. The fraction of sp³-hybridized carbons (Fsp3) is 0.618. The summed E-state index contributed by atoms with van der Waals surface area (Å²) in [6.07, 6.45) is 20.7. The molecule has 0 amide bonds. The molecule has 3 aliphatic rings. The molecule has 0 unspecified atom stereocenters. The van der Waals surface area contributed by atoms with Gasteiger partial charge in [-0.25, -0.2) is 4.79 Å². The van der Waals surface area contributed by atoms with Crippen LogP contribution in [0.15, 0.2) is 59.8 Å². The number of cyclic esters (lactones) is 1. The molecule has 0 spiro atoms. The highest BCUT2D eigenvalue weighted by Gasteiger charge is 2.33. The van der Waals surface area contributed by atoms with Crippen molar-refractivity contribution in [2.75, 3.05) is 14.2 Å². The Morgan fingerprint density at radius 1 is 0.905 bits per heavy atom. The third-order valence-electron chi connectivity index (χ3n) is 7.96. The van der Waals surface area contributed by atoms with E-state index in [1.165, 1.54) is 20.3 Å². The van der Waals surface area contributed by atoms with Crippen LogP contribution < -0.4 is 0 Å². The SMILES string of the molecule is COC(=O)/C=C1\C[C@@H]2CC(=O)O[C@H](/C=C/C=C\C=C(/C)CC(=O)OC)[C@H](C)C=C[C@@H](C)C[C@@H]3CCC[C@H](C[C@H](C1)O2)O3. The van der Waals surface area contributed by atoms with Gasteiger partial charge in [-0.05, 0) is 57.4 Å². The van der Waals surface area contributed by atoms with Crippen molar-refractivity contribution in [2.24, 2.45) is 11.8 Å². The zero-order valence-electron chi connectivity index (χ0n) is 25.8. The first-order valence-corrected chi connectivity index (χ1v) is 15.2. The normalized spacial score (nSPS) is 32.6. The number of methoxy groups -OCH3 is 2. The number of rotatable bonds is 6. The van der Waals surface area contributed by atoms with E-state index in [0.717, 1.165) is 43.3 Å². The Morgan fingerprint density at radius 2 is 1.62 bits per heavy atom. The Kier molecular flexibility index (Phi) is 13.7. The predicted octanol–water partition coefficient (Wildman–Crippen LogP) is 6.12. The Hall–Kier alpha value is -2.97. The van der Waals surface area contributed by atoms with Gasteiger partial charge in [0.15, 0.2) is 0 Å². The maximum absolute atomic E-state index is 13.2. The summed E-state index contributed by atoms with van der Waals surface area (Å²) in [6, 6.07) is 0. The molecular formula is C34H48O8. The number of fused-ring (bicyclic) bond motifs is 4. The van der Waals surface area contributed by atoms with E-state index in [0.29, 0.717) is 18.8 Å². The minimum atomic E-state index is -0.474. The molecule has 7 atom stereocenters. The highest BCUT2D eigenvalue weighted by molar-refractivity contribution is 5.82. The lowest BCUT2D eigenvalue weighted by atomic mass is 9.89. The van der Waals surface area contributed by atoms with E-state index in [2.05, 4.69) is 19.1 Å². The molecule has 2 fully saturated rings. The van der Waals surface area contributed by atoms with Gasteiger partial charge < -0.3 is 23.7 Å². The topological polar surface area (TPSA) is 97.4 Å². The van der Waals surface area contributed by atoms with Gasteiger partial charge in [0.25, 0.3) is 0 Å². The van der Waals surface area contributed by atoms with Crippen molar-refractivity contribution in [1.82, 2.24) is 0 Å². The number of hydrogen-bond acceptors (Lipinski definition) is 8. The van der Waals surface area contributed by atoms with Crippen LogP contribution in [-0.2, 0) is 38.1 Å². The van der Waals surface area contributed by atoms with E-state index in [1.54, 1.807) is 0 Å². The van der Waals surface area contributed by atoms with E-state index < -0.39 is 18.2 Å². The summed E-state index contributed by atoms with van der Waals surface area (Å²) >= 11 is 0. The van der Waals surface area contributed by atoms with Crippen LogP contribution in [-0.4, -0.2) is 62.6 Å². The lowest BCUT2D eigenvalue weighted by Crippen LogP contribution is -2.37. The first-order valence-electron chi connectivity index (χ1n) is 15.2. The quantitative estimate of drug-likeness (QED) is 0.121. The molecule has 0 aliphatic carbocycles. The maximum Gasteiger partial charge on any atom is 0.330 e. The van der Waals surface area contributed by atoms with E-state index in [-0.39, 0.29) is 49.0 Å². The van der Waals surface area contributed by atoms with Gasteiger partial charge in [-0.1, -0.05) is 61.4 Å². The lowest BCUT2D eigenvalue weighted by Gasteiger charge is -2.37. The van der Waals surface area contributed by atoms with Crippen molar-refractivity contribution in [3.8, 4) is 0 Å². The number of esters is 3. The zero-order valence-corrected chi connectivity index (χ0v) is 25.8. The van der Waals surface area contributed by atoms with Crippen molar-refractivity contribution in [3.05, 3.63) is 59.8 Å². The molecule has 0 aromatic heterocycles. The van der Waals surface area contributed by atoms with Crippen molar-refractivity contribution in [2.45, 2.75) is 109 Å². The fourth-order valence-corrected chi connectivity index (χ4v) is 5.75. The molecule has 3 heterocycles. The monoisotopic (exact) mass is 584 g/mol. The summed E-state index contributed by atoms with van der Waals surface area (Å²) in [5, 5.41) is 0. The number of carbonyl (C=O) groups excluding carboxylic acids is 3. The highest BCUT2D eigenvalue weighted by atomic mass is 16.6. The Morgan fingerprint density at radius 3 is 2.36 bits per heavy atom. The molecule has 2 saturated heterocycles. The van der Waals surface area contributed by atoms with Gasteiger partial charge in [0.2, 0.25) is 0 Å². The molecular weight excluding hydrogens is 536 g/mol. The van der Waals surface area contributed by atoms with Crippen molar-refractivity contribution in [3.63, 3.8) is 0 Å². The molecule has 0 N–H and O–H groups in total. The first-order chi connectivity index (χ1) is 20.1. The lowest BCUT2D eigenvalue weighted by molar-refractivity contribution is -0.154. The minimum Gasteiger partial charge on any atom is -0.469 e. The molecule has 232 valence electrons. The van der Waals surface area contributed by atoms with E-state index in [4.69, 9.17) is 23.7 Å². The third kappa shape index (κ3) is 11.7. The summed E-state index contributed by atoms with van der Waals surface area (Å²) < 4.78 is 28.5. The van der Waals surface area contributed by atoms with Crippen LogP contribution >= 0.6 is 0 Å².